The van der Waals surface area contributed by atoms with Crippen molar-refractivity contribution in [1.82, 2.24) is 19.1 Å². The lowest BCUT2D eigenvalue weighted by Gasteiger charge is -2.09. The second kappa shape index (κ2) is 9.15. The lowest BCUT2D eigenvalue weighted by molar-refractivity contribution is 0.673. The standard InChI is InChI=1S/C40H24N4O/c1-2-10-26(11-3-1)43-33-15-7-4-12-27(33)31-24-25(18-20-35(31)43)32-22-23-41-40(42-32)44-34-16-8-5-14-30(34)38-36(44)21-19-29-28-13-6-9-17-37(28)45-39(29)38/h1-24H. The zero-order valence-electron chi connectivity index (χ0n) is 24.1. The molecule has 0 amide bonds. The van der Waals surface area contributed by atoms with E-state index in [0.29, 0.717) is 5.95 Å². The maximum absolute atomic E-state index is 6.47. The number of nitrogens with zero attached hydrogens (tertiary/aromatic N) is 4. The summed E-state index contributed by atoms with van der Waals surface area (Å²) in [6, 6.07) is 48.7. The minimum atomic E-state index is 0.626. The van der Waals surface area contributed by atoms with Crippen molar-refractivity contribution in [3.05, 3.63) is 146 Å². The molecule has 4 aromatic heterocycles. The Morgan fingerprint density at radius 3 is 2.04 bits per heavy atom. The van der Waals surface area contributed by atoms with Gasteiger partial charge in [0.15, 0.2) is 0 Å². The quantitative estimate of drug-likeness (QED) is 0.210. The van der Waals surface area contributed by atoms with Crippen LogP contribution in [0.5, 0.6) is 0 Å². The van der Waals surface area contributed by atoms with Crippen molar-refractivity contribution in [3.63, 3.8) is 0 Å². The fraction of sp³-hybridized carbons (Fsp3) is 0. The van der Waals surface area contributed by atoms with Gasteiger partial charge in [-0.15, -0.1) is 0 Å². The molecule has 10 rings (SSSR count). The maximum Gasteiger partial charge on any atom is 0.235 e. The Morgan fingerprint density at radius 1 is 0.489 bits per heavy atom. The third-order valence-corrected chi connectivity index (χ3v) is 9.01. The van der Waals surface area contributed by atoms with Gasteiger partial charge in [0.2, 0.25) is 5.95 Å². The van der Waals surface area contributed by atoms with E-state index in [1.165, 1.54) is 16.3 Å². The molecule has 0 unspecified atom stereocenters. The number of furan rings is 1. The van der Waals surface area contributed by atoms with Crippen molar-refractivity contribution in [3.8, 4) is 22.9 Å². The predicted molar refractivity (Wildman–Crippen MR) is 183 cm³/mol. The molecular formula is C40H24N4O. The number of para-hydroxylation sites is 4. The summed E-state index contributed by atoms with van der Waals surface area (Å²) in [7, 11) is 0. The predicted octanol–water partition coefficient (Wildman–Crippen LogP) is 10.2. The number of aromatic nitrogens is 4. The first-order chi connectivity index (χ1) is 22.3. The normalized spacial score (nSPS) is 12.0. The lowest BCUT2D eigenvalue weighted by Crippen LogP contribution is -2.01. The van der Waals surface area contributed by atoms with Crippen LogP contribution >= 0.6 is 0 Å². The van der Waals surface area contributed by atoms with Gasteiger partial charge >= 0.3 is 0 Å². The van der Waals surface area contributed by atoms with Gasteiger partial charge in [0.25, 0.3) is 0 Å². The third-order valence-electron chi connectivity index (χ3n) is 9.01. The first-order valence-corrected chi connectivity index (χ1v) is 15.1. The van der Waals surface area contributed by atoms with Crippen LogP contribution in [0.3, 0.4) is 0 Å². The molecule has 4 heterocycles. The van der Waals surface area contributed by atoms with Crippen LogP contribution in [-0.4, -0.2) is 19.1 Å². The van der Waals surface area contributed by atoms with E-state index in [1.54, 1.807) is 0 Å². The van der Waals surface area contributed by atoms with E-state index in [0.717, 1.165) is 66.2 Å². The molecule has 10 aromatic rings. The van der Waals surface area contributed by atoms with Gasteiger partial charge in [-0.3, -0.25) is 4.57 Å². The van der Waals surface area contributed by atoms with E-state index in [-0.39, 0.29) is 0 Å². The molecule has 0 N–H and O–H groups in total. The fourth-order valence-electron chi connectivity index (χ4n) is 7.05. The van der Waals surface area contributed by atoms with Crippen LogP contribution in [0.25, 0.3) is 88.4 Å². The van der Waals surface area contributed by atoms with E-state index < -0.39 is 0 Å². The molecular weight excluding hydrogens is 552 g/mol. The number of fused-ring (bicyclic) bond motifs is 10. The minimum absolute atomic E-state index is 0.626. The number of hydrogen-bond acceptors (Lipinski definition) is 3. The van der Waals surface area contributed by atoms with Crippen LogP contribution in [0.15, 0.2) is 150 Å². The smallest absolute Gasteiger partial charge is 0.235 e. The van der Waals surface area contributed by atoms with Gasteiger partial charge < -0.3 is 8.98 Å². The van der Waals surface area contributed by atoms with Gasteiger partial charge in [-0.1, -0.05) is 78.9 Å². The van der Waals surface area contributed by atoms with Crippen molar-refractivity contribution in [1.29, 1.82) is 0 Å². The Labute approximate surface area is 257 Å². The maximum atomic E-state index is 6.47. The van der Waals surface area contributed by atoms with Crippen LogP contribution in [-0.2, 0) is 0 Å². The van der Waals surface area contributed by atoms with Crippen LogP contribution in [0.4, 0.5) is 0 Å². The van der Waals surface area contributed by atoms with Crippen LogP contribution in [0.2, 0.25) is 0 Å². The average molecular weight is 577 g/mol. The van der Waals surface area contributed by atoms with Gasteiger partial charge in [0, 0.05) is 44.4 Å². The topological polar surface area (TPSA) is 48.8 Å². The Morgan fingerprint density at radius 2 is 1.18 bits per heavy atom. The first-order valence-electron chi connectivity index (χ1n) is 15.1. The highest BCUT2D eigenvalue weighted by Crippen LogP contribution is 2.40. The SMILES string of the molecule is c1ccc(-n2c3ccccc3c3cc(-c4ccnc(-n5c6ccccc6c6c7oc8ccccc8c7ccc65)n4)ccc32)cc1. The molecule has 0 aliphatic carbocycles. The van der Waals surface area contributed by atoms with Gasteiger partial charge in [0.1, 0.15) is 11.2 Å². The van der Waals surface area contributed by atoms with Gasteiger partial charge in [-0.05, 0) is 60.7 Å². The van der Waals surface area contributed by atoms with E-state index in [9.17, 15) is 0 Å². The summed E-state index contributed by atoms with van der Waals surface area (Å²) in [4.78, 5) is 9.98. The summed E-state index contributed by atoms with van der Waals surface area (Å²) >= 11 is 0. The van der Waals surface area contributed by atoms with Gasteiger partial charge in [0.05, 0.1) is 33.1 Å². The minimum Gasteiger partial charge on any atom is -0.455 e. The molecule has 210 valence electrons. The summed E-state index contributed by atoms with van der Waals surface area (Å²) in [5.74, 6) is 0.626. The summed E-state index contributed by atoms with van der Waals surface area (Å²) < 4.78 is 11.0. The lowest BCUT2D eigenvalue weighted by atomic mass is 10.1. The molecule has 0 fully saturated rings. The second-order valence-electron chi connectivity index (χ2n) is 11.4. The van der Waals surface area contributed by atoms with E-state index >= 15 is 0 Å². The molecule has 45 heavy (non-hydrogen) atoms. The highest BCUT2D eigenvalue weighted by Gasteiger charge is 2.20. The molecule has 5 nitrogen and oxygen atoms in total. The Hall–Kier alpha value is -6.20. The largest absolute Gasteiger partial charge is 0.455 e. The fourth-order valence-corrected chi connectivity index (χ4v) is 7.05. The zero-order chi connectivity index (χ0) is 29.5. The first kappa shape index (κ1) is 24.3. The van der Waals surface area contributed by atoms with Crippen molar-refractivity contribution in [2.45, 2.75) is 0 Å². The van der Waals surface area contributed by atoms with Crippen LogP contribution in [0, 0.1) is 0 Å². The van der Waals surface area contributed by atoms with Crippen molar-refractivity contribution >= 4 is 65.6 Å². The molecule has 0 aliphatic rings. The molecule has 0 atom stereocenters. The molecule has 5 heteroatoms. The third kappa shape index (κ3) is 3.43. The Balaban J connectivity index is 1.19. The highest BCUT2D eigenvalue weighted by atomic mass is 16.3. The van der Waals surface area contributed by atoms with Crippen LogP contribution in [0.1, 0.15) is 0 Å². The van der Waals surface area contributed by atoms with Gasteiger partial charge in [-0.2, -0.15) is 0 Å². The molecule has 0 radical (unpaired) electrons. The van der Waals surface area contributed by atoms with Crippen molar-refractivity contribution < 1.29 is 4.42 Å². The van der Waals surface area contributed by atoms with E-state index in [1.807, 2.05) is 24.4 Å². The number of rotatable bonds is 3. The molecule has 0 bridgehead atoms. The summed E-state index contributed by atoms with van der Waals surface area (Å²) in [5, 5.41) is 6.82. The highest BCUT2D eigenvalue weighted by molar-refractivity contribution is 6.23. The van der Waals surface area contributed by atoms with Crippen molar-refractivity contribution in [2.24, 2.45) is 0 Å². The average Bonchev–Trinajstić information content (AvgIpc) is 3.76. The van der Waals surface area contributed by atoms with E-state index in [2.05, 4.69) is 130 Å². The molecule has 0 aliphatic heterocycles. The van der Waals surface area contributed by atoms with Gasteiger partial charge in [-0.25, -0.2) is 9.97 Å². The Kier molecular flexibility index (Phi) is 4.93. The van der Waals surface area contributed by atoms with E-state index in [4.69, 9.17) is 14.4 Å². The van der Waals surface area contributed by atoms with Crippen LogP contribution < -0.4 is 0 Å². The molecule has 0 saturated carbocycles. The second-order valence-corrected chi connectivity index (χ2v) is 11.4. The Bertz CT molecular complexity index is 2770. The summed E-state index contributed by atoms with van der Waals surface area (Å²) in [6.45, 7) is 0. The molecule has 0 saturated heterocycles. The summed E-state index contributed by atoms with van der Waals surface area (Å²) in [5.41, 5.74) is 9.24. The number of hydrogen-bond donors (Lipinski definition) is 0. The molecule has 0 spiro atoms. The zero-order valence-corrected chi connectivity index (χ0v) is 24.1. The monoisotopic (exact) mass is 576 g/mol. The number of benzene rings is 6. The summed E-state index contributed by atoms with van der Waals surface area (Å²) in [6.07, 6.45) is 1.86. The van der Waals surface area contributed by atoms with Crippen molar-refractivity contribution in [2.75, 3.05) is 0 Å². The molecule has 6 aromatic carbocycles.